The fraction of sp³-hybridized carbons (Fsp3) is 0.0833. The third-order valence-corrected chi connectivity index (χ3v) is 5.43. The lowest BCUT2D eigenvalue weighted by atomic mass is 10.3. The number of fused-ring (bicyclic) bond motifs is 1. The minimum Gasteiger partial charge on any atom is -0.337 e. The van der Waals surface area contributed by atoms with Gasteiger partial charge in [0.25, 0.3) is 5.91 Å². The number of rotatable bonds is 4. The van der Waals surface area contributed by atoms with Crippen molar-refractivity contribution in [3.63, 3.8) is 0 Å². The van der Waals surface area contributed by atoms with E-state index >= 15 is 0 Å². The summed E-state index contributed by atoms with van der Waals surface area (Å²) in [4.78, 5) is 31.9. The summed E-state index contributed by atoms with van der Waals surface area (Å²) >= 11 is 6.07. The largest absolute Gasteiger partial charge is 0.337 e. The van der Waals surface area contributed by atoms with Crippen molar-refractivity contribution in [3.05, 3.63) is 89.5 Å². The second-order valence-electron chi connectivity index (χ2n) is 7.46. The Morgan fingerprint density at radius 3 is 2.53 bits per heavy atom. The zero-order chi connectivity index (χ0) is 22.2. The summed E-state index contributed by atoms with van der Waals surface area (Å²) in [5.41, 5.74) is 4.07. The van der Waals surface area contributed by atoms with Gasteiger partial charge in [0, 0.05) is 30.2 Å². The minimum absolute atomic E-state index is 0.243. The molecule has 2 aromatic carbocycles. The van der Waals surface area contributed by atoms with Gasteiger partial charge >= 0.3 is 0 Å². The number of nitrogens with one attached hydrogen (secondary N) is 1. The molecular weight excluding hydrogens is 424 g/mol. The first kappa shape index (κ1) is 20.0. The monoisotopic (exact) mass is 442 g/mol. The first-order valence-electron chi connectivity index (χ1n) is 10.0. The molecule has 5 rings (SSSR count). The molecule has 7 nitrogen and oxygen atoms in total. The van der Waals surface area contributed by atoms with Gasteiger partial charge in [-0.25, -0.2) is 15.0 Å². The highest BCUT2D eigenvalue weighted by Gasteiger charge is 2.24. The van der Waals surface area contributed by atoms with Gasteiger partial charge in [-0.2, -0.15) is 0 Å². The van der Waals surface area contributed by atoms with Crippen molar-refractivity contribution in [2.75, 3.05) is 11.9 Å². The number of para-hydroxylation sites is 2. The van der Waals surface area contributed by atoms with Crippen LogP contribution < -0.4 is 4.90 Å². The van der Waals surface area contributed by atoms with Crippen molar-refractivity contribution >= 4 is 34.4 Å². The van der Waals surface area contributed by atoms with Gasteiger partial charge in [-0.3, -0.25) is 14.3 Å². The molecule has 0 aliphatic carbocycles. The molecule has 0 aliphatic rings. The lowest BCUT2D eigenvalue weighted by molar-refractivity contribution is 0.0981. The van der Waals surface area contributed by atoms with Crippen molar-refractivity contribution in [2.45, 2.75) is 6.92 Å². The number of amides is 1. The molecule has 1 amide bonds. The zero-order valence-electron chi connectivity index (χ0n) is 17.5. The molecule has 32 heavy (non-hydrogen) atoms. The summed E-state index contributed by atoms with van der Waals surface area (Å²) in [6.45, 7) is 1.95. The number of benzene rings is 2. The van der Waals surface area contributed by atoms with Gasteiger partial charge in [-0.15, -0.1) is 0 Å². The van der Waals surface area contributed by atoms with Crippen LogP contribution >= 0.6 is 11.6 Å². The third kappa shape index (κ3) is 3.63. The molecular formula is C24H19ClN6O. The van der Waals surface area contributed by atoms with Gasteiger partial charge in [0.05, 0.1) is 11.0 Å². The van der Waals surface area contributed by atoms with Gasteiger partial charge in [0.15, 0.2) is 5.82 Å². The van der Waals surface area contributed by atoms with Gasteiger partial charge in [-0.05, 0) is 55.0 Å². The van der Waals surface area contributed by atoms with Crippen molar-refractivity contribution in [1.29, 1.82) is 0 Å². The number of H-pyrrole nitrogens is 1. The van der Waals surface area contributed by atoms with Crippen LogP contribution in [0.5, 0.6) is 0 Å². The topological polar surface area (TPSA) is 79.7 Å². The molecule has 158 valence electrons. The fourth-order valence-corrected chi connectivity index (χ4v) is 3.56. The summed E-state index contributed by atoms with van der Waals surface area (Å²) in [6.07, 6.45) is 3.52. The molecule has 1 N–H and O–H groups in total. The number of hydrogen-bond donors (Lipinski definition) is 1. The predicted molar refractivity (Wildman–Crippen MR) is 125 cm³/mol. The van der Waals surface area contributed by atoms with Crippen LogP contribution in [0.2, 0.25) is 5.02 Å². The molecule has 5 aromatic rings. The van der Waals surface area contributed by atoms with Crippen LogP contribution in [0.25, 0.3) is 28.2 Å². The Hall–Kier alpha value is -3.97. The van der Waals surface area contributed by atoms with Crippen LogP contribution in [-0.4, -0.2) is 37.5 Å². The van der Waals surface area contributed by atoms with Gasteiger partial charge in [0.1, 0.15) is 11.5 Å². The molecule has 0 radical (unpaired) electrons. The maximum absolute atomic E-state index is 13.5. The van der Waals surface area contributed by atoms with Crippen molar-refractivity contribution in [3.8, 4) is 17.2 Å². The third-order valence-electron chi connectivity index (χ3n) is 5.18. The van der Waals surface area contributed by atoms with Crippen LogP contribution in [0, 0.1) is 6.92 Å². The number of aromatic nitrogens is 5. The van der Waals surface area contributed by atoms with E-state index in [0.29, 0.717) is 22.4 Å². The number of halogens is 1. The second kappa shape index (κ2) is 7.94. The first-order valence-corrected chi connectivity index (χ1v) is 10.4. The summed E-state index contributed by atoms with van der Waals surface area (Å²) < 4.78 is 1.74. The summed E-state index contributed by atoms with van der Waals surface area (Å²) in [6, 6.07) is 18.7. The van der Waals surface area contributed by atoms with E-state index in [1.165, 1.54) is 4.90 Å². The lowest BCUT2D eigenvalue weighted by Gasteiger charge is -2.16. The summed E-state index contributed by atoms with van der Waals surface area (Å²) in [5.74, 6) is 1.08. The molecule has 0 fully saturated rings. The standard InChI is InChI=1S/C24H19ClN6O/c1-15-7-12-21(26-13-15)30(2)24(32)23-29-20(14-31(23)17-10-8-16(25)9-11-17)22-27-18-5-3-4-6-19(18)28-22/h3-14H,1-2H3,(H,27,28). The second-order valence-corrected chi connectivity index (χ2v) is 7.89. The van der Waals surface area contributed by atoms with E-state index in [1.807, 2.05) is 55.5 Å². The maximum atomic E-state index is 13.5. The van der Waals surface area contributed by atoms with Crippen LogP contribution in [0.4, 0.5) is 5.82 Å². The first-order chi connectivity index (χ1) is 15.5. The minimum atomic E-state index is -0.293. The molecule has 0 saturated heterocycles. The molecule has 0 bridgehead atoms. The average molecular weight is 443 g/mol. The Morgan fingerprint density at radius 2 is 1.81 bits per heavy atom. The van der Waals surface area contributed by atoms with E-state index in [9.17, 15) is 4.79 Å². The van der Waals surface area contributed by atoms with Crippen molar-refractivity contribution in [2.24, 2.45) is 0 Å². The van der Waals surface area contributed by atoms with Crippen LogP contribution in [-0.2, 0) is 0 Å². The van der Waals surface area contributed by atoms with E-state index in [1.54, 1.807) is 36.1 Å². The smallest absolute Gasteiger partial charge is 0.295 e. The van der Waals surface area contributed by atoms with Crippen LogP contribution in [0.1, 0.15) is 16.2 Å². The number of aryl methyl sites for hydroxylation is 1. The van der Waals surface area contributed by atoms with Crippen molar-refractivity contribution < 1.29 is 4.79 Å². The number of pyridine rings is 1. The Morgan fingerprint density at radius 1 is 1.03 bits per heavy atom. The predicted octanol–water partition coefficient (Wildman–Crippen LogP) is 5.05. The molecule has 8 heteroatoms. The van der Waals surface area contributed by atoms with E-state index in [-0.39, 0.29) is 11.7 Å². The molecule has 0 unspecified atom stereocenters. The Kier molecular flexibility index (Phi) is 4.95. The Balaban J connectivity index is 1.61. The van der Waals surface area contributed by atoms with Crippen molar-refractivity contribution in [1.82, 2.24) is 24.5 Å². The van der Waals surface area contributed by atoms with E-state index in [4.69, 9.17) is 11.6 Å². The van der Waals surface area contributed by atoms with Gasteiger partial charge in [-0.1, -0.05) is 29.8 Å². The SMILES string of the molecule is Cc1ccc(N(C)C(=O)c2nc(-c3nc4ccccc4[nH]3)cn2-c2ccc(Cl)cc2)nc1. The highest BCUT2D eigenvalue weighted by Crippen LogP contribution is 2.24. The van der Waals surface area contributed by atoms with Crippen LogP contribution in [0.15, 0.2) is 73.1 Å². The zero-order valence-corrected chi connectivity index (χ0v) is 18.2. The van der Waals surface area contributed by atoms with Crippen LogP contribution in [0.3, 0.4) is 0 Å². The average Bonchev–Trinajstić information content (AvgIpc) is 3.44. The van der Waals surface area contributed by atoms with E-state index in [2.05, 4.69) is 19.9 Å². The number of hydrogen-bond acceptors (Lipinski definition) is 4. The maximum Gasteiger partial charge on any atom is 0.295 e. The molecule has 0 atom stereocenters. The molecule has 0 saturated carbocycles. The molecule has 0 aliphatic heterocycles. The Bertz CT molecular complexity index is 1390. The fourth-order valence-electron chi connectivity index (χ4n) is 3.43. The number of aromatic amines is 1. The molecule has 3 aromatic heterocycles. The summed E-state index contributed by atoms with van der Waals surface area (Å²) in [7, 11) is 1.68. The number of imidazole rings is 2. The normalized spacial score (nSPS) is 11.1. The Labute approximate surface area is 189 Å². The van der Waals surface area contributed by atoms with Gasteiger partial charge < -0.3 is 4.98 Å². The number of nitrogens with zero attached hydrogens (tertiary/aromatic N) is 5. The lowest BCUT2D eigenvalue weighted by Crippen LogP contribution is -2.29. The molecule has 0 spiro atoms. The van der Waals surface area contributed by atoms with E-state index < -0.39 is 0 Å². The number of anilines is 1. The number of carbonyl (C=O) groups is 1. The highest BCUT2D eigenvalue weighted by atomic mass is 35.5. The molecule has 3 heterocycles. The van der Waals surface area contributed by atoms with Gasteiger partial charge in [0.2, 0.25) is 5.82 Å². The quantitative estimate of drug-likeness (QED) is 0.422. The highest BCUT2D eigenvalue weighted by molar-refractivity contribution is 6.30. The number of carbonyl (C=O) groups excluding carboxylic acids is 1. The van der Waals surface area contributed by atoms with E-state index in [0.717, 1.165) is 22.3 Å². The summed E-state index contributed by atoms with van der Waals surface area (Å²) in [5, 5.41) is 0.611.